The third kappa shape index (κ3) is 3.56. The van der Waals surface area contributed by atoms with Gasteiger partial charge in [0, 0.05) is 32.0 Å². The number of carbonyl (C=O) groups is 2. The summed E-state index contributed by atoms with van der Waals surface area (Å²) in [5.41, 5.74) is 0.930. The van der Waals surface area contributed by atoms with Gasteiger partial charge < -0.3 is 10.2 Å². The van der Waals surface area contributed by atoms with Gasteiger partial charge in [0.2, 0.25) is 0 Å². The lowest BCUT2D eigenvalue weighted by Gasteiger charge is -2.15. The second-order valence-electron chi connectivity index (χ2n) is 5.57. The minimum atomic E-state index is -0.178. The molecular weight excluding hydrogens is 254 g/mol. The molecule has 5 heteroatoms. The maximum Gasteiger partial charge on any atom is 0.255 e. The molecule has 0 unspecified atom stereocenters. The molecule has 0 aromatic carbocycles. The summed E-state index contributed by atoms with van der Waals surface area (Å²) in [6.07, 6.45) is 5.12. The summed E-state index contributed by atoms with van der Waals surface area (Å²) >= 11 is 0. The minimum Gasteiger partial charge on any atom is -0.352 e. The molecule has 2 heterocycles. The van der Waals surface area contributed by atoms with Gasteiger partial charge in [-0.3, -0.25) is 14.6 Å². The summed E-state index contributed by atoms with van der Waals surface area (Å²) in [6, 6.07) is 1.63. The van der Waals surface area contributed by atoms with E-state index in [0.29, 0.717) is 23.6 Å². The van der Waals surface area contributed by atoms with E-state index in [1.165, 1.54) is 12.4 Å². The Morgan fingerprint density at radius 2 is 1.90 bits per heavy atom. The molecule has 1 N–H and O–H groups in total. The SMILES string of the molecule is CC(C)CNC(=O)c1cncc(C(=O)N2CCCC2)c1. The number of nitrogens with one attached hydrogen (secondary N) is 1. The molecule has 108 valence electrons. The molecule has 2 rings (SSSR count). The second-order valence-corrected chi connectivity index (χ2v) is 5.57. The largest absolute Gasteiger partial charge is 0.352 e. The van der Waals surface area contributed by atoms with E-state index < -0.39 is 0 Å². The number of aromatic nitrogens is 1. The number of nitrogens with zero attached hydrogens (tertiary/aromatic N) is 2. The normalized spacial score (nSPS) is 14.7. The fraction of sp³-hybridized carbons (Fsp3) is 0.533. The van der Waals surface area contributed by atoms with Gasteiger partial charge in [-0.25, -0.2) is 0 Å². The maximum absolute atomic E-state index is 12.2. The van der Waals surface area contributed by atoms with Gasteiger partial charge in [0.25, 0.3) is 11.8 Å². The summed E-state index contributed by atoms with van der Waals surface area (Å²) in [7, 11) is 0. The van der Waals surface area contributed by atoms with Gasteiger partial charge in [-0.15, -0.1) is 0 Å². The van der Waals surface area contributed by atoms with E-state index in [1.807, 2.05) is 18.7 Å². The zero-order valence-electron chi connectivity index (χ0n) is 12.1. The Hall–Kier alpha value is -1.91. The van der Waals surface area contributed by atoms with Crippen LogP contribution in [0.5, 0.6) is 0 Å². The van der Waals surface area contributed by atoms with Crippen molar-refractivity contribution < 1.29 is 9.59 Å². The first-order valence-electron chi connectivity index (χ1n) is 7.10. The van der Waals surface area contributed by atoms with Gasteiger partial charge in [0.15, 0.2) is 0 Å². The molecule has 1 saturated heterocycles. The van der Waals surface area contributed by atoms with Gasteiger partial charge in [0.1, 0.15) is 0 Å². The number of amides is 2. The van der Waals surface area contributed by atoms with Crippen LogP contribution in [-0.2, 0) is 0 Å². The van der Waals surface area contributed by atoms with Crippen molar-refractivity contribution in [1.82, 2.24) is 15.2 Å². The number of hydrogen-bond acceptors (Lipinski definition) is 3. The van der Waals surface area contributed by atoms with E-state index in [9.17, 15) is 9.59 Å². The minimum absolute atomic E-state index is 0.0338. The van der Waals surface area contributed by atoms with Crippen LogP contribution in [0.25, 0.3) is 0 Å². The second kappa shape index (κ2) is 6.50. The van der Waals surface area contributed by atoms with Crippen molar-refractivity contribution in [1.29, 1.82) is 0 Å². The lowest BCUT2D eigenvalue weighted by atomic mass is 10.1. The Morgan fingerprint density at radius 1 is 1.25 bits per heavy atom. The number of likely N-dealkylation sites (tertiary alicyclic amines) is 1. The molecule has 0 atom stereocenters. The zero-order chi connectivity index (χ0) is 14.5. The highest BCUT2D eigenvalue weighted by Crippen LogP contribution is 2.13. The van der Waals surface area contributed by atoms with Gasteiger partial charge in [0.05, 0.1) is 11.1 Å². The predicted octanol–water partition coefficient (Wildman–Crippen LogP) is 1.70. The number of carbonyl (C=O) groups excluding carboxylic acids is 2. The Bertz CT molecular complexity index is 494. The fourth-order valence-electron chi connectivity index (χ4n) is 2.18. The van der Waals surface area contributed by atoms with E-state index in [-0.39, 0.29) is 11.8 Å². The zero-order valence-corrected chi connectivity index (χ0v) is 12.1. The van der Waals surface area contributed by atoms with Gasteiger partial charge in [-0.05, 0) is 24.8 Å². The Balaban J connectivity index is 2.07. The topological polar surface area (TPSA) is 62.3 Å². The first-order valence-corrected chi connectivity index (χ1v) is 7.10. The monoisotopic (exact) mass is 275 g/mol. The molecule has 1 fully saturated rings. The summed E-state index contributed by atoms with van der Waals surface area (Å²) in [5, 5.41) is 2.83. The molecule has 20 heavy (non-hydrogen) atoms. The van der Waals surface area contributed by atoms with Crippen molar-refractivity contribution in [2.24, 2.45) is 5.92 Å². The summed E-state index contributed by atoms with van der Waals surface area (Å²) in [6.45, 7) is 6.27. The van der Waals surface area contributed by atoms with E-state index in [1.54, 1.807) is 6.07 Å². The molecule has 1 aliphatic heterocycles. The van der Waals surface area contributed by atoms with Crippen LogP contribution >= 0.6 is 0 Å². The molecule has 1 aromatic rings. The quantitative estimate of drug-likeness (QED) is 0.909. The molecule has 0 aliphatic carbocycles. The highest BCUT2D eigenvalue weighted by atomic mass is 16.2. The van der Waals surface area contributed by atoms with Crippen molar-refractivity contribution in [2.45, 2.75) is 26.7 Å². The standard InChI is InChI=1S/C15H21N3O2/c1-11(2)8-17-14(19)12-7-13(10-16-9-12)15(20)18-5-3-4-6-18/h7,9-11H,3-6,8H2,1-2H3,(H,17,19). The lowest BCUT2D eigenvalue weighted by Crippen LogP contribution is -2.29. The highest BCUT2D eigenvalue weighted by Gasteiger charge is 2.20. The molecule has 1 aromatic heterocycles. The first-order chi connectivity index (χ1) is 9.58. The average Bonchev–Trinajstić information content (AvgIpc) is 2.98. The van der Waals surface area contributed by atoms with E-state index >= 15 is 0 Å². The van der Waals surface area contributed by atoms with Crippen LogP contribution in [0.3, 0.4) is 0 Å². The van der Waals surface area contributed by atoms with Crippen LogP contribution in [0.2, 0.25) is 0 Å². The van der Waals surface area contributed by atoms with E-state index in [0.717, 1.165) is 25.9 Å². The maximum atomic E-state index is 12.2. The fourth-order valence-corrected chi connectivity index (χ4v) is 2.18. The molecular formula is C15H21N3O2. The van der Waals surface area contributed by atoms with Gasteiger partial charge >= 0.3 is 0 Å². The summed E-state index contributed by atoms with van der Waals surface area (Å²) < 4.78 is 0. The van der Waals surface area contributed by atoms with Crippen LogP contribution in [0.4, 0.5) is 0 Å². The highest BCUT2D eigenvalue weighted by molar-refractivity contribution is 5.99. The Labute approximate surface area is 119 Å². The van der Waals surface area contributed by atoms with Crippen LogP contribution in [0.1, 0.15) is 47.4 Å². The van der Waals surface area contributed by atoms with Crippen molar-refractivity contribution >= 4 is 11.8 Å². The van der Waals surface area contributed by atoms with Crippen molar-refractivity contribution in [3.63, 3.8) is 0 Å². The van der Waals surface area contributed by atoms with Crippen molar-refractivity contribution in [2.75, 3.05) is 19.6 Å². The number of pyridine rings is 1. The Kier molecular flexibility index (Phi) is 4.71. The third-order valence-corrected chi connectivity index (χ3v) is 3.31. The molecule has 5 nitrogen and oxygen atoms in total. The molecule has 0 spiro atoms. The number of hydrogen-bond donors (Lipinski definition) is 1. The van der Waals surface area contributed by atoms with E-state index in [2.05, 4.69) is 10.3 Å². The van der Waals surface area contributed by atoms with Crippen LogP contribution in [0.15, 0.2) is 18.5 Å². The van der Waals surface area contributed by atoms with E-state index in [4.69, 9.17) is 0 Å². The van der Waals surface area contributed by atoms with Gasteiger partial charge in [-0.1, -0.05) is 13.8 Å². The third-order valence-electron chi connectivity index (χ3n) is 3.31. The molecule has 2 amide bonds. The lowest BCUT2D eigenvalue weighted by molar-refractivity contribution is 0.0792. The predicted molar refractivity (Wildman–Crippen MR) is 76.5 cm³/mol. The summed E-state index contributed by atoms with van der Waals surface area (Å²) in [5.74, 6) is 0.178. The van der Waals surface area contributed by atoms with Crippen molar-refractivity contribution in [3.05, 3.63) is 29.6 Å². The van der Waals surface area contributed by atoms with Crippen LogP contribution in [-0.4, -0.2) is 41.3 Å². The van der Waals surface area contributed by atoms with Crippen LogP contribution in [0, 0.1) is 5.92 Å². The Morgan fingerprint density at radius 3 is 2.55 bits per heavy atom. The van der Waals surface area contributed by atoms with Gasteiger partial charge in [-0.2, -0.15) is 0 Å². The first kappa shape index (κ1) is 14.5. The molecule has 1 aliphatic rings. The molecule has 0 bridgehead atoms. The summed E-state index contributed by atoms with van der Waals surface area (Å²) in [4.78, 5) is 30.0. The molecule has 0 radical (unpaired) electrons. The van der Waals surface area contributed by atoms with Crippen LogP contribution < -0.4 is 5.32 Å². The van der Waals surface area contributed by atoms with Crippen molar-refractivity contribution in [3.8, 4) is 0 Å². The molecule has 0 saturated carbocycles. The number of rotatable bonds is 4. The smallest absolute Gasteiger partial charge is 0.255 e. The average molecular weight is 275 g/mol.